The Morgan fingerprint density at radius 3 is 2.06 bits per heavy atom. The van der Waals surface area contributed by atoms with Gasteiger partial charge in [0.1, 0.15) is 0 Å². The van der Waals surface area contributed by atoms with Crippen molar-refractivity contribution in [3.05, 3.63) is 30.4 Å². The topological polar surface area (TPSA) is 44.8 Å². The van der Waals surface area contributed by atoms with Crippen LogP contribution in [0.4, 0.5) is 0 Å². The zero-order valence-corrected chi connectivity index (χ0v) is 11.0. The van der Waals surface area contributed by atoms with Crippen LogP contribution >= 0.6 is 0 Å². The molecule has 0 aliphatic rings. The molecule has 0 aromatic heterocycles. The molecule has 98 valence electrons. The van der Waals surface area contributed by atoms with Crippen molar-refractivity contribution in [2.75, 3.05) is 13.2 Å². The van der Waals surface area contributed by atoms with Crippen molar-refractivity contribution < 1.29 is 19.0 Å². The van der Waals surface area contributed by atoms with E-state index in [0.29, 0.717) is 36.0 Å². The minimum absolute atomic E-state index is 0.300. The Hall–Kier alpha value is -1.97. The molecule has 0 amide bonds. The molecule has 0 saturated carbocycles. The van der Waals surface area contributed by atoms with E-state index in [0.717, 1.165) is 0 Å². The van der Waals surface area contributed by atoms with Crippen LogP contribution in [0.3, 0.4) is 0 Å². The molecule has 0 fully saturated rings. The lowest BCUT2D eigenvalue weighted by Gasteiger charge is -2.14. The van der Waals surface area contributed by atoms with Gasteiger partial charge in [0.25, 0.3) is 0 Å². The summed E-state index contributed by atoms with van der Waals surface area (Å²) in [6.45, 7) is 9.81. The first-order valence-corrected chi connectivity index (χ1v) is 5.86. The first-order valence-electron chi connectivity index (χ1n) is 5.86. The molecule has 0 N–H and O–H groups in total. The van der Waals surface area contributed by atoms with Crippen molar-refractivity contribution in [3.8, 4) is 17.2 Å². The van der Waals surface area contributed by atoms with Crippen LogP contribution in [-0.2, 0) is 4.79 Å². The highest BCUT2D eigenvalue weighted by molar-refractivity contribution is 5.89. The van der Waals surface area contributed by atoms with Crippen LogP contribution < -0.4 is 14.2 Å². The Balaban J connectivity index is 3.09. The second-order valence-electron chi connectivity index (χ2n) is 3.62. The maximum atomic E-state index is 11.6. The molecule has 4 heteroatoms. The maximum Gasteiger partial charge on any atom is 0.338 e. The van der Waals surface area contributed by atoms with Crippen molar-refractivity contribution in [3.63, 3.8) is 0 Å². The third-order valence-corrected chi connectivity index (χ3v) is 2.09. The molecule has 0 saturated heterocycles. The summed E-state index contributed by atoms with van der Waals surface area (Å²) in [5, 5.41) is 0. The summed E-state index contributed by atoms with van der Waals surface area (Å²) < 4.78 is 16.1. The predicted molar refractivity (Wildman–Crippen MR) is 69.2 cm³/mol. The van der Waals surface area contributed by atoms with Gasteiger partial charge in [-0.15, -0.1) is 0 Å². The molecule has 1 rings (SSSR count). The summed E-state index contributed by atoms with van der Waals surface area (Å²) in [5.41, 5.74) is 0.323. The molecular formula is C14H18O4. The minimum atomic E-state index is -0.497. The number of benzene rings is 1. The summed E-state index contributed by atoms with van der Waals surface area (Å²) >= 11 is 0. The van der Waals surface area contributed by atoms with Gasteiger partial charge in [0.2, 0.25) is 5.75 Å². The van der Waals surface area contributed by atoms with Gasteiger partial charge in [0, 0.05) is 5.57 Å². The fraction of sp³-hybridized carbons (Fsp3) is 0.357. The van der Waals surface area contributed by atoms with Crippen molar-refractivity contribution in [2.24, 2.45) is 0 Å². The Kier molecular flexibility index (Phi) is 5.24. The van der Waals surface area contributed by atoms with E-state index in [9.17, 15) is 4.79 Å². The number of hydrogen-bond donors (Lipinski definition) is 0. The predicted octanol–water partition coefficient (Wildman–Crippen LogP) is 2.97. The highest BCUT2D eigenvalue weighted by Crippen LogP contribution is 2.37. The number of ether oxygens (including phenoxy) is 3. The molecule has 18 heavy (non-hydrogen) atoms. The SMILES string of the molecule is C=C(C)C(=O)Oc1c(OCC)cccc1OCC. The summed E-state index contributed by atoms with van der Waals surface area (Å²) in [6, 6.07) is 5.24. The molecule has 1 aromatic carbocycles. The van der Waals surface area contributed by atoms with Crippen LogP contribution in [0.2, 0.25) is 0 Å². The first kappa shape index (κ1) is 14.1. The van der Waals surface area contributed by atoms with E-state index in [1.165, 1.54) is 0 Å². The average Bonchev–Trinajstić information content (AvgIpc) is 2.33. The molecule has 0 spiro atoms. The van der Waals surface area contributed by atoms with Gasteiger partial charge in [0.05, 0.1) is 13.2 Å². The Morgan fingerprint density at radius 1 is 1.17 bits per heavy atom. The maximum absolute atomic E-state index is 11.6. The fourth-order valence-corrected chi connectivity index (χ4v) is 1.31. The second-order valence-corrected chi connectivity index (χ2v) is 3.62. The standard InChI is InChI=1S/C14H18O4/c1-5-16-11-8-7-9-12(17-6-2)13(11)18-14(15)10(3)4/h7-9H,3,5-6H2,1-2,4H3. The van der Waals surface area contributed by atoms with Gasteiger partial charge >= 0.3 is 5.97 Å². The number of hydrogen-bond acceptors (Lipinski definition) is 4. The molecular weight excluding hydrogens is 232 g/mol. The quantitative estimate of drug-likeness (QED) is 0.442. The molecule has 1 aromatic rings. The van der Waals surface area contributed by atoms with E-state index in [4.69, 9.17) is 14.2 Å². The van der Waals surface area contributed by atoms with Gasteiger partial charge in [-0.05, 0) is 32.9 Å². The molecule has 4 nitrogen and oxygen atoms in total. The highest BCUT2D eigenvalue weighted by Gasteiger charge is 2.16. The van der Waals surface area contributed by atoms with Gasteiger partial charge in [-0.2, -0.15) is 0 Å². The van der Waals surface area contributed by atoms with Crippen molar-refractivity contribution in [1.82, 2.24) is 0 Å². The monoisotopic (exact) mass is 250 g/mol. The zero-order valence-electron chi connectivity index (χ0n) is 11.0. The molecule has 0 atom stereocenters. The molecule has 0 aliphatic carbocycles. The number of para-hydroxylation sites is 1. The lowest BCUT2D eigenvalue weighted by Crippen LogP contribution is -2.11. The van der Waals surface area contributed by atoms with Gasteiger partial charge < -0.3 is 14.2 Å². The molecule has 0 unspecified atom stereocenters. The fourth-order valence-electron chi connectivity index (χ4n) is 1.31. The Morgan fingerprint density at radius 2 is 1.67 bits per heavy atom. The molecule has 0 heterocycles. The van der Waals surface area contributed by atoms with E-state index < -0.39 is 5.97 Å². The van der Waals surface area contributed by atoms with Crippen LogP contribution in [0.15, 0.2) is 30.4 Å². The van der Waals surface area contributed by atoms with Crippen molar-refractivity contribution in [1.29, 1.82) is 0 Å². The molecule has 0 bridgehead atoms. The summed E-state index contributed by atoms with van der Waals surface area (Å²) in [6.07, 6.45) is 0. The van der Waals surface area contributed by atoms with E-state index in [-0.39, 0.29) is 0 Å². The van der Waals surface area contributed by atoms with Gasteiger partial charge in [-0.1, -0.05) is 12.6 Å². The van der Waals surface area contributed by atoms with Crippen molar-refractivity contribution in [2.45, 2.75) is 20.8 Å². The average molecular weight is 250 g/mol. The Labute approximate surface area is 107 Å². The van der Waals surface area contributed by atoms with E-state index in [1.54, 1.807) is 25.1 Å². The van der Waals surface area contributed by atoms with Crippen LogP contribution in [-0.4, -0.2) is 19.2 Å². The van der Waals surface area contributed by atoms with Crippen LogP contribution in [0, 0.1) is 0 Å². The Bertz CT molecular complexity index is 413. The zero-order chi connectivity index (χ0) is 13.5. The summed E-state index contributed by atoms with van der Waals surface area (Å²) in [5.74, 6) is 0.772. The highest BCUT2D eigenvalue weighted by atomic mass is 16.6. The van der Waals surface area contributed by atoms with Crippen LogP contribution in [0.25, 0.3) is 0 Å². The minimum Gasteiger partial charge on any atom is -0.490 e. The third kappa shape index (κ3) is 3.52. The van der Waals surface area contributed by atoms with Gasteiger partial charge in [-0.25, -0.2) is 4.79 Å². The lowest BCUT2D eigenvalue weighted by molar-refractivity contribution is -0.130. The second kappa shape index (κ2) is 6.69. The lowest BCUT2D eigenvalue weighted by atomic mass is 10.3. The molecule has 0 aliphatic heterocycles. The third-order valence-electron chi connectivity index (χ3n) is 2.09. The first-order chi connectivity index (χ1) is 8.60. The smallest absolute Gasteiger partial charge is 0.338 e. The number of esters is 1. The van der Waals surface area contributed by atoms with Gasteiger partial charge in [-0.3, -0.25) is 0 Å². The number of carbonyl (C=O) groups is 1. The summed E-state index contributed by atoms with van der Waals surface area (Å²) in [4.78, 5) is 11.6. The van der Waals surface area contributed by atoms with E-state index >= 15 is 0 Å². The number of rotatable bonds is 6. The van der Waals surface area contributed by atoms with Crippen LogP contribution in [0.5, 0.6) is 17.2 Å². The summed E-state index contributed by atoms with van der Waals surface area (Å²) in [7, 11) is 0. The molecule has 0 radical (unpaired) electrons. The van der Waals surface area contributed by atoms with E-state index in [2.05, 4.69) is 6.58 Å². The van der Waals surface area contributed by atoms with Gasteiger partial charge in [0.15, 0.2) is 11.5 Å². The largest absolute Gasteiger partial charge is 0.490 e. The van der Waals surface area contributed by atoms with Crippen molar-refractivity contribution >= 4 is 5.97 Å². The normalized spacial score (nSPS) is 9.72. The van der Waals surface area contributed by atoms with Crippen LogP contribution in [0.1, 0.15) is 20.8 Å². The van der Waals surface area contributed by atoms with E-state index in [1.807, 2.05) is 13.8 Å². The number of carbonyl (C=O) groups excluding carboxylic acids is 1.